The fourth-order valence-corrected chi connectivity index (χ4v) is 2.53. The van der Waals surface area contributed by atoms with Gasteiger partial charge in [-0.25, -0.2) is 9.59 Å². The van der Waals surface area contributed by atoms with Gasteiger partial charge in [-0.05, 0) is 31.5 Å². The molecule has 0 bridgehead atoms. The van der Waals surface area contributed by atoms with Crippen molar-refractivity contribution in [3.8, 4) is 0 Å². The molecule has 0 unspecified atom stereocenters. The molecule has 1 aliphatic heterocycles. The second-order valence-electron chi connectivity index (χ2n) is 5.81. The van der Waals surface area contributed by atoms with E-state index in [1.54, 1.807) is 28.9 Å². The third-order valence-corrected chi connectivity index (χ3v) is 3.89. The van der Waals surface area contributed by atoms with E-state index in [0.717, 1.165) is 5.56 Å². The molecule has 8 nitrogen and oxygen atoms in total. The molecule has 0 spiro atoms. The number of nitrogens with one attached hydrogen (secondary N) is 2. The van der Waals surface area contributed by atoms with Gasteiger partial charge in [0.15, 0.2) is 0 Å². The van der Waals surface area contributed by atoms with Gasteiger partial charge < -0.3 is 25.2 Å². The first kappa shape index (κ1) is 18.6. The van der Waals surface area contributed by atoms with E-state index < -0.39 is 0 Å². The number of benzene rings is 1. The lowest BCUT2D eigenvalue weighted by molar-refractivity contribution is -0.114. The van der Waals surface area contributed by atoms with Gasteiger partial charge in [0, 0.05) is 44.5 Å². The molecule has 25 heavy (non-hydrogen) atoms. The molecule has 1 aromatic rings. The Kier molecular flexibility index (Phi) is 6.21. The minimum atomic E-state index is -0.346. The zero-order valence-corrected chi connectivity index (χ0v) is 14.8. The van der Waals surface area contributed by atoms with Crippen molar-refractivity contribution >= 4 is 29.4 Å². The van der Waals surface area contributed by atoms with Crippen molar-refractivity contribution in [3.05, 3.63) is 23.8 Å². The first-order chi connectivity index (χ1) is 11.9. The molecule has 136 valence electrons. The number of anilines is 2. The van der Waals surface area contributed by atoms with Crippen molar-refractivity contribution < 1.29 is 19.1 Å². The zero-order valence-electron chi connectivity index (χ0n) is 14.8. The fraction of sp³-hybridized carbons (Fsp3) is 0.471. The molecule has 0 saturated carbocycles. The van der Waals surface area contributed by atoms with Gasteiger partial charge in [-0.3, -0.25) is 4.79 Å². The first-order valence-electron chi connectivity index (χ1n) is 8.26. The molecule has 1 saturated heterocycles. The van der Waals surface area contributed by atoms with E-state index in [9.17, 15) is 14.4 Å². The molecule has 2 N–H and O–H groups in total. The van der Waals surface area contributed by atoms with Crippen molar-refractivity contribution in [2.24, 2.45) is 0 Å². The van der Waals surface area contributed by atoms with Crippen molar-refractivity contribution in [2.45, 2.75) is 20.8 Å². The van der Waals surface area contributed by atoms with Crippen LogP contribution < -0.4 is 10.6 Å². The molecule has 0 atom stereocenters. The number of amides is 4. The van der Waals surface area contributed by atoms with E-state index in [1.165, 1.54) is 6.92 Å². The minimum Gasteiger partial charge on any atom is -0.450 e. The van der Waals surface area contributed by atoms with Gasteiger partial charge >= 0.3 is 12.1 Å². The number of rotatable bonds is 3. The molecule has 8 heteroatoms. The van der Waals surface area contributed by atoms with Crippen molar-refractivity contribution in [1.29, 1.82) is 0 Å². The topological polar surface area (TPSA) is 91.0 Å². The molecule has 0 aromatic heterocycles. The predicted octanol–water partition coefficient (Wildman–Crippen LogP) is 2.26. The SMILES string of the molecule is CCOC(=O)N1CCN(C(=O)Nc2ccc(C)c(NC(C)=O)c2)CC1. The van der Waals surface area contributed by atoms with E-state index in [-0.39, 0.29) is 18.0 Å². The second kappa shape index (κ2) is 8.36. The number of ether oxygens (including phenoxy) is 1. The van der Waals surface area contributed by atoms with Crippen molar-refractivity contribution in [2.75, 3.05) is 43.4 Å². The van der Waals surface area contributed by atoms with Crippen LogP contribution in [0.25, 0.3) is 0 Å². The standard InChI is InChI=1S/C17H24N4O4/c1-4-25-17(24)21-9-7-20(8-10-21)16(23)19-14-6-5-12(2)15(11-14)18-13(3)22/h5-6,11H,4,7-10H2,1-3H3,(H,18,22)(H,19,23). The quantitative estimate of drug-likeness (QED) is 0.876. The van der Waals surface area contributed by atoms with Gasteiger partial charge in [-0.15, -0.1) is 0 Å². The lowest BCUT2D eigenvalue weighted by Crippen LogP contribution is -2.51. The van der Waals surface area contributed by atoms with Gasteiger partial charge in [0.25, 0.3) is 0 Å². The molecule has 0 aliphatic carbocycles. The normalized spacial score (nSPS) is 14.0. The third-order valence-electron chi connectivity index (χ3n) is 3.89. The van der Waals surface area contributed by atoms with Crippen LogP contribution >= 0.6 is 0 Å². The van der Waals surface area contributed by atoms with E-state index in [1.807, 2.05) is 13.0 Å². The summed E-state index contributed by atoms with van der Waals surface area (Å²) in [6.07, 6.45) is -0.346. The average Bonchev–Trinajstić information content (AvgIpc) is 2.58. The Morgan fingerprint density at radius 3 is 2.32 bits per heavy atom. The maximum atomic E-state index is 12.4. The number of hydrogen-bond acceptors (Lipinski definition) is 4. The maximum Gasteiger partial charge on any atom is 0.409 e. The number of carbonyl (C=O) groups excluding carboxylic acids is 3. The Morgan fingerprint density at radius 2 is 1.72 bits per heavy atom. The second-order valence-corrected chi connectivity index (χ2v) is 5.81. The number of carbonyl (C=O) groups is 3. The Bertz CT molecular complexity index is 654. The molecule has 1 aromatic carbocycles. The number of piperazine rings is 1. The summed E-state index contributed by atoms with van der Waals surface area (Å²) in [7, 11) is 0. The van der Waals surface area contributed by atoms with Crippen LogP contribution in [0, 0.1) is 6.92 Å². The third kappa shape index (κ3) is 5.10. The average molecular weight is 348 g/mol. The molecule has 1 aliphatic rings. The highest BCUT2D eigenvalue weighted by Crippen LogP contribution is 2.20. The summed E-state index contributed by atoms with van der Waals surface area (Å²) >= 11 is 0. The minimum absolute atomic E-state index is 0.165. The van der Waals surface area contributed by atoms with Crippen LogP contribution in [0.1, 0.15) is 19.4 Å². The highest BCUT2D eigenvalue weighted by molar-refractivity contribution is 5.93. The summed E-state index contributed by atoms with van der Waals surface area (Å²) in [6, 6.07) is 5.11. The van der Waals surface area contributed by atoms with Crippen LogP contribution in [0.4, 0.5) is 21.0 Å². The molecule has 1 fully saturated rings. The lowest BCUT2D eigenvalue weighted by Gasteiger charge is -2.34. The summed E-state index contributed by atoms with van der Waals surface area (Å²) in [5.41, 5.74) is 2.18. The summed E-state index contributed by atoms with van der Waals surface area (Å²) in [6.45, 7) is 7.18. The predicted molar refractivity (Wildman–Crippen MR) is 94.7 cm³/mol. The van der Waals surface area contributed by atoms with Gasteiger partial charge in [-0.1, -0.05) is 6.07 Å². The summed E-state index contributed by atoms with van der Waals surface area (Å²) in [5.74, 6) is -0.165. The largest absolute Gasteiger partial charge is 0.450 e. The highest BCUT2D eigenvalue weighted by Gasteiger charge is 2.24. The van der Waals surface area contributed by atoms with Crippen LogP contribution in [0.2, 0.25) is 0 Å². The number of urea groups is 1. The summed E-state index contributed by atoms with van der Waals surface area (Å²) in [4.78, 5) is 38.5. The van der Waals surface area contributed by atoms with Crippen LogP contribution in [-0.4, -0.2) is 60.6 Å². The monoisotopic (exact) mass is 348 g/mol. The zero-order chi connectivity index (χ0) is 18.4. The van der Waals surface area contributed by atoms with Gasteiger partial charge in [0.05, 0.1) is 6.61 Å². The van der Waals surface area contributed by atoms with E-state index in [2.05, 4.69) is 10.6 Å². The molecule has 4 amide bonds. The molecule has 2 rings (SSSR count). The summed E-state index contributed by atoms with van der Waals surface area (Å²) < 4.78 is 4.96. The molecule has 1 heterocycles. The van der Waals surface area contributed by atoms with Gasteiger partial charge in [0.1, 0.15) is 0 Å². The van der Waals surface area contributed by atoms with Crippen LogP contribution in [0.5, 0.6) is 0 Å². The fourth-order valence-electron chi connectivity index (χ4n) is 2.53. The summed E-state index contributed by atoms with van der Waals surface area (Å²) in [5, 5.41) is 5.56. The maximum absolute atomic E-state index is 12.4. The van der Waals surface area contributed by atoms with Crippen LogP contribution in [0.15, 0.2) is 18.2 Å². The van der Waals surface area contributed by atoms with Crippen molar-refractivity contribution in [1.82, 2.24) is 9.80 Å². The first-order valence-corrected chi connectivity index (χ1v) is 8.26. The smallest absolute Gasteiger partial charge is 0.409 e. The Balaban J connectivity index is 1.92. The van der Waals surface area contributed by atoms with E-state index in [4.69, 9.17) is 4.74 Å². The van der Waals surface area contributed by atoms with Crippen LogP contribution in [0.3, 0.4) is 0 Å². The van der Waals surface area contributed by atoms with E-state index in [0.29, 0.717) is 44.2 Å². The van der Waals surface area contributed by atoms with Crippen molar-refractivity contribution in [3.63, 3.8) is 0 Å². The highest BCUT2D eigenvalue weighted by atomic mass is 16.6. The van der Waals surface area contributed by atoms with Gasteiger partial charge in [-0.2, -0.15) is 0 Å². The Hall–Kier alpha value is -2.77. The van der Waals surface area contributed by atoms with Gasteiger partial charge in [0.2, 0.25) is 5.91 Å². The Morgan fingerprint density at radius 1 is 1.08 bits per heavy atom. The number of nitrogens with zero attached hydrogens (tertiary/aromatic N) is 2. The number of hydrogen-bond donors (Lipinski definition) is 2. The molecular weight excluding hydrogens is 324 g/mol. The molecule has 0 radical (unpaired) electrons. The number of aryl methyl sites for hydroxylation is 1. The van der Waals surface area contributed by atoms with E-state index >= 15 is 0 Å². The van der Waals surface area contributed by atoms with Crippen LogP contribution in [-0.2, 0) is 9.53 Å². The molecular formula is C17H24N4O4. The lowest BCUT2D eigenvalue weighted by atomic mass is 10.2. The Labute approximate surface area is 147 Å².